The predicted octanol–water partition coefficient (Wildman–Crippen LogP) is 1.32. The van der Waals surface area contributed by atoms with E-state index < -0.39 is 0 Å². The molecule has 0 atom stereocenters. The number of aromatic nitrogens is 1. The largest absolute Gasteiger partial charge is 0.325 e. The van der Waals surface area contributed by atoms with E-state index in [1.54, 1.807) is 23.1 Å². The van der Waals surface area contributed by atoms with Gasteiger partial charge in [-0.1, -0.05) is 0 Å². The first-order valence-corrected chi connectivity index (χ1v) is 4.59. The molecule has 0 bridgehead atoms. The van der Waals surface area contributed by atoms with Gasteiger partial charge in [0, 0.05) is 6.54 Å². The van der Waals surface area contributed by atoms with Gasteiger partial charge < -0.3 is 5.73 Å². The summed E-state index contributed by atoms with van der Waals surface area (Å²) < 4.78 is 1.23. The second kappa shape index (κ2) is 3.20. The third-order valence-electron chi connectivity index (χ3n) is 0.908. The van der Waals surface area contributed by atoms with Crippen LogP contribution in [0.15, 0.2) is 10.4 Å². The van der Waals surface area contributed by atoms with Crippen LogP contribution in [0.4, 0.5) is 0 Å². The smallest absolute Gasteiger partial charge is 0.107 e. The van der Waals surface area contributed by atoms with Crippen LogP contribution in [0.3, 0.4) is 0 Å². The molecule has 0 unspecified atom stereocenters. The summed E-state index contributed by atoms with van der Waals surface area (Å²) in [5, 5.41) is 1.01. The van der Waals surface area contributed by atoms with Crippen molar-refractivity contribution in [2.24, 2.45) is 5.73 Å². The summed E-state index contributed by atoms with van der Waals surface area (Å²) in [6, 6.07) is 0. The molecule has 2 N–H and O–H groups in total. The molecule has 1 heterocycles. The van der Waals surface area contributed by atoms with Crippen molar-refractivity contribution in [1.29, 1.82) is 0 Å². The molecule has 0 fully saturated rings. The van der Waals surface area contributed by atoms with E-state index in [-0.39, 0.29) is 0 Å². The van der Waals surface area contributed by atoms with Gasteiger partial charge >= 0.3 is 0 Å². The molecule has 1 aromatic heterocycles. The molecule has 0 aliphatic rings. The van der Waals surface area contributed by atoms with Crippen LogP contribution in [0, 0.1) is 0 Å². The van der Waals surface area contributed by atoms with Gasteiger partial charge in [-0.25, -0.2) is 4.98 Å². The number of thiazole rings is 1. The van der Waals surface area contributed by atoms with Gasteiger partial charge in [-0.3, -0.25) is 0 Å². The van der Waals surface area contributed by atoms with Crippen LogP contribution >= 0.6 is 23.1 Å². The van der Waals surface area contributed by atoms with Gasteiger partial charge in [0.2, 0.25) is 0 Å². The monoisotopic (exact) mass is 160 g/mol. The van der Waals surface area contributed by atoms with Crippen molar-refractivity contribution >= 4 is 23.1 Å². The summed E-state index contributed by atoms with van der Waals surface area (Å²) >= 11 is 3.37. The molecular weight excluding hydrogens is 152 g/mol. The van der Waals surface area contributed by atoms with Gasteiger partial charge in [-0.05, 0) is 6.26 Å². The maximum absolute atomic E-state index is 5.36. The Balaban J connectivity index is 2.74. The van der Waals surface area contributed by atoms with Gasteiger partial charge in [-0.2, -0.15) is 0 Å². The molecule has 0 saturated carbocycles. The minimum atomic E-state index is 0.561. The number of hydrogen-bond donors (Lipinski definition) is 1. The van der Waals surface area contributed by atoms with E-state index in [9.17, 15) is 0 Å². The molecule has 9 heavy (non-hydrogen) atoms. The number of thioether (sulfide) groups is 1. The summed E-state index contributed by atoms with van der Waals surface area (Å²) in [6.07, 6.45) is 3.89. The van der Waals surface area contributed by atoms with Gasteiger partial charge in [0.25, 0.3) is 0 Å². The van der Waals surface area contributed by atoms with Crippen molar-refractivity contribution in [2.45, 2.75) is 10.8 Å². The van der Waals surface area contributed by atoms with E-state index in [4.69, 9.17) is 5.73 Å². The predicted molar refractivity (Wildman–Crippen MR) is 41.8 cm³/mol. The molecule has 1 rings (SSSR count). The maximum Gasteiger partial charge on any atom is 0.107 e. The van der Waals surface area contributed by atoms with Crippen molar-refractivity contribution in [1.82, 2.24) is 4.98 Å². The Labute approximate surface area is 62.5 Å². The lowest BCUT2D eigenvalue weighted by Crippen LogP contribution is -1.93. The molecule has 50 valence electrons. The van der Waals surface area contributed by atoms with E-state index in [1.165, 1.54) is 4.21 Å². The summed E-state index contributed by atoms with van der Waals surface area (Å²) in [5.74, 6) is 0. The Hall–Kier alpha value is -0.0600. The number of nitrogens with two attached hydrogens (primary N) is 1. The maximum atomic E-state index is 5.36. The highest BCUT2D eigenvalue weighted by Crippen LogP contribution is 2.21. The fraction of sp³-hybridized carbons (Fsp3) is 0.400. The van der Waals surface area contributed by atoms with Crippen molar-refractivity contribution in [3.63, 3.8) is 0 Å². The fourth-order valence-corrected chi connectivity index (χ4v) is 1.79. The normalized spacial score (nSPS) is 10.0. The van der Waals surface area contributed by atoms with Crippen molar-refractivity contribution in [3.8, 4) is 0 Å². The Kier molecular flexibility index (Phi) is 2.50. The minimum Gasteiger partial charge on any atom is -0.325 e. The summed E-state index contributed by atoms with van der Waals surface area (Å²) in [7, 11) is 0. The Morgan fingerprint density at radius 1 is 1.89 bits per heavy atom. The zero-order chi connectivity index (χ0) is 6.69. The van der Waals surface area contributed by atoms with Crippen LogP contribution in [0.1, 0.15) is 5.01 Å². The molecule has 1 aromatic rings. The molecular formula is C5H8N2S2. The third-order valence-corrected chi connectivity index (χ3v) is 2.98. The number of hydrogen-bond acceptors (Lipinski definition) is 4. The molecule has 0 aliphatic carbocycles. The van der Waals surface area contributed by atoms with Gasteiger partial charge in [0.1, 0.15) is 5.01 Å². The lowest BCUT2D eigenvalue weighted by Gasteiger charge is -1.81. The average Bonchev–Trinajstić information content (AvgIpc) is 2.34. The molecule has 0 spiro atoms. The lowest BCUT2D eigenvalue weighted by atomic mass is 10.7. The molecule has 0 radical (unpaired) electrons. The zero-order valence-electron chi connectivity index (χ0n) is 5.13. The van der Waals surface area contributed by atoms with E-state index in [0.29, 0.717) is 6.54 Å². The SMILES string of the molecule is CSc1cnc(CN)s1. The van der Waals surface area contributed by atoms with E-state index in [2.05, 4.69) is 4.98 Å². The van der Waals surface area contributed by atoms with E-state index >= 15 is 0 Å². The van der Waals surface area contributed by atoms with Crippen molar-refractivity contribution in [2.75, 3.05) is 6.26 Å². The van der Waals surface area contributed by atoms with Crippen LogP contribution in [0.2, 0.25) is 0 Å². The van der Waals surface area contributed by atoms with Gasteiger partial charge in [0.05, 0.1) is 10.4 Å². The highest BCUT2D eigenvalue weighted by atomic mass is 32.2. The number of nitrogens with zero attached hydrogens (tertiary/aromatic N) is 1. The molecule has 0 aromatic carbocycles. The second-order valence-corrected chi connectivity index (χ2v) is 3.70. The Morgan fingerprint density at radius 3 is 3.00 bits per heavy atom. The summed E-state index contributed by atoms with van der Waals surface area (Å²) in [6.45, 7) is 0.561. The first-order valence-electron chi connectivity index (χ1n) is 2.55. The minimum absolute atomic E-state index is 0.561. The third kappa shape index (κ3) is 1.67. The average molecular weight is 160 g/mol. The molecule has 0 aliphatic heterocycles. The standard InChI is InChI=1S/C5H8N2S2/c1-8-5-3-7-4(2-6)9-5/h3H,2,6H2,1H3. The van der Waals surface area contributed by atoms with Crippen molar-refractivity contribution in [3.05, 3.63) is 11.2 Å². The van der Waals surface area contributed by atoms with Gasteiger partial charge in [0.15, 0.2) is 0 Å². The summed E-state index contributed by atoms with van der Waals surface area (Å²) in [5.41, 5.74) is 5.36. The Bertz CT molecular complexity index is 166. The molecule has 0 amide bonds. The van der Waals surface area contributed by atoms with Crippen LogP contribution in [-0.4, -0.2) is 11.2 Å². The van der Waals surface area contributed by atoms with E-state index in [1.807, 2.05) is 12.5 Å². The first kappa shape index (κ1) is 7.05. The first-order chi connectivity index (χ1) is 4.36. The highest BCUT2D eigenvalue weighted by Gasteiger charge is 1.95. The molecule has 4 heteroatoms. The quantitative estimate of drug-likeness (QED) is 0.663. The zero-order valence-corrected chi connectivity index (χ0v) is 6.76. The topological polar surface area (TPSA) is 38.9 Å². The lowest BCUT2D eigenvalue weighted by molar-refractivity contribution is 1.04. The molecule has 0 saturated heterocycles. The van der Waals surface area contributed by atoms with Crippen LogP contribution in [0.25, 0.3) is 0 Å². The summed E-state index contributed by atoms with van der Waals surface area (Å²) in [4.78, 5) is 4.08. The second-order valence-electron chi connectivity index (χ2n) is 1.48. The van der Waals surface area contributed by atoms with Crippen LogP contribution < -0.4 is 5.73 Å². The highest BCUT2D eigenvalue weighted by molar-refractivity contribution is 8.00. The number of rotatable bonds is 2. The van der Waals surface area contributed by atoms with Crippen LogP contribution in [0.5, 0.6) is 0 Å². The Morgan fingerprint density at radius 2 is 2.67 bits per heavy atom. The van der Waals surface area contributed by atoms with Crippen LogP contribution in [-0.2, 0) is 6.54 Å². The van der Waals surface area contributed by atoms with E-state index in [0.717, 1.165) is 5.01 Å². The van der Waals surface area contributed by atoms with Gasteiger partial charge in [-0.15, -0.1) is 23.1 Å². The fourth-order valence-electron chi connectivity index (χ4n) is 0.482. The van der Waals surface area contributed by atoms with Crippen molar-refractivity contribution < 1.29 is 0 Å². The molecule has 2 nitrogen and oxygen atoms in total.